The lowest BCUT2D eigenvalue weighted by atomic mass is 10.2. The fourth-order valence-corrected chi connectivity index (χ4v) is 4.20. The Morgan fingerprint density at radius 3 is 2.55 bits per heavy atom. The molecule has 1 aromatic rings. The minimum Gasteiger partial charge on any atom is -0.322 e. The van der Waals surface area contributed by atoms with E-state index in [-0.39, 0.29) is 27.9 Å². The lowest BCUT2D eigenvalue weighted by molar-refractivity contribution is -0.116. The predicted octanol–water partition coefficient (Wildman–Crippen LogP) is 3.04. The van der Waals surface area contributed by atoms with Crippen molar-refractivity contribution in [2.75, 3.05) is 11.1 Å². The minimum atomic E-state index is -3.47. The molecule has 8 heteroatoms. The van der Waals surface area contributed by atoms with Crippen LogP contribution < -0.4 is 5.32 Å². The van der Waals surface area contributed by atoms with Gasteiger partial charge in [-0.3, -0.25) is 4.79 Å². The van der Waals surface area contributed by atoms with E-state index < -0.39 is 26.8 Å². The third kappa shape index (κ3) is 3.24. The van der Waals surface area contributed by atoms with Crippen LogP contribution in [0.2, 0.25) is 10.0 Å². The molecule has 1 amide bonds. The number of carbonyl (C=O) groups excluding carboxylic acids is 1. The summed E-state index contributed by atoms with van der Waals surface area (Å²) < 4.78 is 37.3. The zero-order valence-corrected chi connectivity index (χ0v) is 12.7. The fraction of sp³-hybridized carbons (Fsp3) is 0.417. The van der Waals surface area contributed by atoms with Crippen molar-refractivity contribution in [2.24, 2.45) is 0 Å². The molecule has 0 radical (unpaired) electrons. The molecule has 1 fully saturated rings. The molecule has 1 aliphatic rings. The molecule has 4 nitrogen and oxygen atoms in total. The van der Waals surface area contributed by atoms with Gasteiger partial charge in [-0.15, -0.1) is 0 Å². The van der Waals surface area contributed by atoms with Gasteiger partial charge in [0.25, 0.3) is 0 Å². The van der Waals surface area contributed by atoms with Crippen LogP contribution in [-0.2, 0) is 14.6 Å². The molecule has 0 spiro atoms. The van der Waals surface area contributed by atoms with Gasteiger partial charge in [-0.05, 0) is 25.0 Å². The molecule has 0 bridgehead atoms. The maximum Gasteiger partial charge on any atom is 0.242 e. The quantitative estimate of drug-likeness (QED) is 0.842. The van der Waals surface area contributed by atoms with Crippen molar-refractivity contribution in [1.82, 2.24) is 0 Å². The number of sulfone groups is 1. The molecule has 1 N–H and O–H groups in total. The molecule has 0 aromatic heterocycles. The number of nitrogens with one attached hydrogen (secondary N) is 1. The average Bonchev–Trinajstić information content (AvgIpc) is 2.35. The summed E-state index contributed by atoms with van der Waals surface area (Å²) in [6, 6.07) is 2.13. The molecule has 110 valence electrons. The highest BCUT2D eigenvalue weighted by Gasteiger charge is 2.35. The normalized spacial score (nSPS) is 21.4. The van der Waals surface area contributed by atoms with E-state index in [4.69, 9.17) is 23.2 Å². The monoisotopic (exact) mass is 339 g/mol. The first kappa shape index (κ1) is 15.5. The molecule has 20 heavy (non-hydrogen) atoms. The molecule has 1 heterocycles. The van der Waals surface area contributed by atoms with E-state index in [1.54, 1.807) is 0 Å². The second-order valence-electron chi connectivity index (χ2n) is 4.59. The number of hydrogen-bond acceptors (Lipinski definition) is 3. The van der Waals surface area contributed by atoms with Gasteiger partial charge in [-0.1, -0.05) is 29.6 Å². The van der Waals surface area contributed by atoms with Crippen LogP contribution in [-0.4, -0.2) is 25.3 Å². The number of hydrogen-bond donors (Lipinski definition) is 1. The van der Waals surface area contributed by atoms with E-state index in [1.165, 1.54) is 0 Å². The zero-order chi connectivity index (χ0) is 14.9. The molecule has 0 saturated carbocycles. The highest BCUT2D eigenvalue weighted by molar-refractivity contribution is 7.92. The number of benzene rings is 1. The first-order valence-corrected chi connectivity index (χ1v) is 8.45. The van der Waals surface area contributed by atoms with Crippen LogP contribution >= 0.6 is 23.2 Å². The highest BCUT2D eigenvalue weighted by Crippen LogP contribution is 2.29. The summed E-state index contributed by atoms with van der Waals surface area (Å²) in [5.74, 6) is -1.52. The molecule has 1 aliphatic heterocycles. The van der Waals surface area contributed by atoms with Gasteiger partial charge in [-0.2, -0.15) is 0 Å². The molecule has 1 saturated heterocycles. The summed E-state index contributed by atoms with van der Waals surface area (Å²) in [6.07, 6.45) is 1.45. The minimum absolute atomic E-state index is 0.0189. The van der Waals surface area contributed by atoms with Crippen molar-refractivity contribution >= 4 is 44.6 Å². The fourth-order valence-electron chi connectivity index (χ4n) is 2.08. The van der Waals surface area contributed by atoms with Gasteiger partial charge in [0.05, 0.1) is 21.5 Å². The smallest absolute Gasteiger partial charge is 0.242 e. The van der Waals surface area contributed by atoms with Crippen LogP contribution in [0.4, 0.5) is 10.1 Å². The Bertz CT molecular complexity index is 648. The summed E-state index contributed by atoms with van der Waals surface area (Å²) in [6.45, 7) is 0. The van der Waals surface area contributed by atoms with E-state index in [9.17, 15) is 17.6 Å². The highest BCUT2D eigenvalue weighted by atomic mass is 35.5. The molecular formula is C12H12Cl2FNO3S. The number of rotatable bonds is 2. The van der Waals surface area contributed by atoms with Crippen LogP contribution in [0.5, 0.6) is 0 Å². The molecule has 2 rings (SSSR count). The topological polar surface area (TPSA) is 63.2 Å². The van der Waals surface area contributed by atoms with Crippen molar-refractivity contribution < 1.29 is 17.6 Å². The van der Waals surface area contributed by atoms with Gasteiger partial charge in [0.2, 0.25) is 5.91 Å². The lowest BCUT2D eigenvalue weighted by Gasteiger charge is -2.21. The Hall–Kier alpha value is -0.850. The summed E-state index contributed by atoms with van der Waals surface area (Å²) in [5.41, 5.74) is -0.176. The number of amides is 1. The number of anilines is 1. The maximum atomic E-state index is 13.6. The Kier molecular flexibility index (Phi) is 4.56. The number of carbonyl (C=O) groups is 1. The summed E-state index contributed by atoms with van der Waals surface area (Å²) in [7, 11) is -3.47. The number of halogens is 3. The van der Waals surface area contributed by atoms with Crippen molar-refractivity contribution in [1.29, 1.82) is 0 Å². The van der Waals surface area contributed by atoms with Crippen LogP contribution in [0.3, 0.4) is 0 Å². The van der Waals surface area contributed by atoms with Crippen molar-refractivity contribution in [3.05, 3.63) is 28.0 Å². The third-order valence-electron chi connectivity index (χ3n) is 3.14. The largest absolute Gasteiger partial charge is 0.322 e. The first-order chi connectivity index (χ1) is 9.31. The van der Waals surface area contributed by atoms with E-state index >= 15 is 0 Å². The van der Waals surface area contributed by atoms with E-state index in [1.807, 2.05) is 0 Å². The Morgan fingerprint density at radius 1 is 1.25 bits per heavy atom. The van der Waals surface area contributed by atoms with Gasteiger partial charge in [0.1, 0.15) is 11.1 Å². The second kappa shape index (κ2) is 5.87. The van der Waals surface area contributed by atoms with Crippen molar-refractivity contribution in [3.63, 3.8) is 0 Å². The van der Waals surface area contributed by atoms with Crippen LogP contribution in [0.25, 0.3) is 0 Å². The molecule has 1 aromatic carbocycles. The van der Waals surface area contributed by atoms with E-state index in [2.05, 4.69) is 5.32 Å². The van der Waals surface area contributed by atoms with Gasteiger partial charge in [-0.25, -0.2) is 12.8 Å². The van der Waals surface area contributed by atoms with Crippen LogP contribution in [0.15, 0.2) is 12.1 Å². The standard InChI is InChI=1S/C12H12Cl2FNO3S/c13-7-5-9(15)10(6-8(7)14)16-12(17)11-3-1-2-4-20(11,18)19/h5-6,11H,1-4H2,(H,16,17). The van der Waals surface area contributed by atoms with E-state index in [0.717, 1.165) is 12.1 Å². The maximum absolute atomic E-state index is 13.6. The van der Waals surface area contributed by atoms with E-state index in [0.29, 0.717) is 12.8 Å². The van der Waals surface area contributed by atoms with Gasteiger partial charge >= 0.3 is 0 Å². The molecule has 0 aliphatic carbocycles. The Labute approximate surface area is 126 Å². The SMILES string of the molecule is O=C(Nc1cc(Cl)c(Cl)cc1F)C1CCCCS1(=O)=O. The summed E-state index contributed by atoms with van der Waals surface area (Å²) in [5, 5.41) is 1.23. The third-order valence-corrected chi connectivity index (χ3v) is 6.04. The predicted molar refractivity (Wildman–Crippen MR) is 76.5 cm³/mol. The molecular weight excluding hydrogens is 328 g/mol. The second-order valence-corrected chi connectivity index (χ2v) is 7.70. The van der Waals surface area contributed by atoms with Crippen LogP contribution in [0, 0.1) is 5.82 Å². The van der Waals surface area contributed by atoms with Gasteiger partial charge in [0, 0.05) is 0 Å². The van der Waals surface area contributed by atoms with Crippen molar-refractivity contribution in [3.8, 4) is 0 Å². The molecule has 1 atom stereocenters. The first-order valence-electron chi connectivity index (χ1n) is 5.98. The average molecular weight is 340 g/mol. The zero-order valence-electron chi connectivity index (χ0n) is 10.3. The Morgan fingerprint density at radius 2 is 1.90 bits per heavy atom. The Balaban J connectivity index is 2.22. The van der Waals surface area contributed by atoms with Crippen LogP contribution in [0.1, 0.15) is 19.3 Å². The summed E-state index contributed by atoms with van der Waals surface area (Å²) in [4.78, 5) is 12.0. The molecule has 1 unspecified atom stereocenters. The van der Waals surface area contributed by atoms with Gasteiger partial charge in [0.15, 0.2) is 9.84 Å². The van der Waals surface area contributed by atoms with Gasteiger partial charge < -0.3 is 5.32 Å². The summed E-state index contributed by atoms with van der Waals surface area (Å²) >= 11 is 11.4. The van der Waals surface area contributed by atoms with Crippen molar-refractivity contribution in [2.45, 2.75) is 24.5 Å². The lowest BCUT2D eigenvalue weighted by Crippen LogP contribution is -2.39.